The van der Waals surface area contributed by atoms with Crippen LogP contribution in [0.4, 0.5) is 5.13 Å². The molecule has 7 nitrogen and oxygen atoms in total. The number of carbonyl (C=O) groups excluding carboxylic acids is 2. The number of aromatic nitrogens is 3. The summed E-state index contributed by atoms with van der Waals surface area (Å²) in [4.78, 5) is 28.0. The van der Waals surface area contributed by atoms with Gasteiger partial charge in [0.05, 0.1) is 24.9 Å². The lowest BCUT2D eigenvalue weighted by Gasteiger charge is -2.00. The highest BCUT2D eigenvalue weighted by atomic mass is 32.1. The molecule has 2 aromatic heterocycles. The highest BCUT2D eigenvalue weighted by molar-refractivity contribution is 7.14. The Morgan fingerprint density at radius 2 is 2.24 bits per heavy atom. The minimum atomic E-state index is -0.366. The van der Waals surface area contributed by atoms with Gasteiger partial charge in [-0.1, -0.05) is 17.8 Å². The van der Waals surface area contributed by atoms with Gasteiger partial charge in [-0.15, -0.1) is 16.4 Å². The molecule has 112 valence electrons. The number of nitrogens with zero attached hydrogens (tertiary/aromatic N) is 3. The Morgan fingerprint density at radius 1 is 1.43 bits per heavy atom. The molecule has 0 unspecified atom stereocenters. The first kappa shape index (κ1) is 15.5. The van der Waals surface area contributed by atoms with Crippen LogP contribution in [0.5, 0.6) is 0 Å². The summed E-state index contributed by atoms with van der Waals surface area (Å²) < 4.78 is 8.38. The average molecular weight is 326 g/mol. The number of thiazole rings is 1. The average Bonchev–Trinajstić information content (AvgIpc) is 3.08. The molecule has 0 saturated heterocycles. The standard InChI is InChI=1S/C12H14N4O3S2/c1-3-4-8-10(21-16-15-8)11(18)14-12-13-7(6-20-12)5-9(17)19-2/h6H,3-5H2,1-2H3,(H,13,14,18). The van der Waals surface area contributed by atoms with Gasteiger partial charge in [-0.3, -0.25) is 14.9 Å². The lowest BCUT2D eigenvalue weighted by molar-refractivity contribution is -0.139. The molecule has 9 heteroatoms. The summed E-state index contributed by atoms with van der Waals surface area (Å²) in [5.41, 5.74) is 1.27. The molecule has 2 aromatic rings. The third-order valence-electron chi connectivity index (χ3n) is 2.57. The molecular formula is C12H14N4O3S2. The minimum absolute atomic E-state index is 0.0894. The maximum absolute atomic E-state index is 12.2. The van der Waals surface area contributed by atoms with E-state index in [9.17, 15) is 9.59 Å². The van der Waals surface area contributed by atoms with Crippen molar-refractivity contribution in [3.05, 3.63) is 21.6 Å². The van der Waals surface area contributed by atoms with E-state index in [4.69, 9.17) is 0 Å². The summed E-state index contributed by atoms with van der Waals surface area (Å²) in [6.07, 6.45) is 1.70. The molecule has 0 aliphatic rings. The fourth-order valence-corrected chi connectivity index (χ4v) is 2.91. The Kier molecular flexibility index (Phi) is 5.34. The molecule has 0 aliphatic carbocycles. The van der Waals surface area contributed by atoms with Crippen LogP contribution in [0.2, 0.25) is 0 Å². The second kappa shape index (κ2) is 7.23. The van der Waals surface area contributed by atoms with Gasteiger partial charge in [0.1, 0.15) is 4.88 Å². The highest BCUT2D eigenvalue weighted by Crippen LogP contribution is 2.19. The number of esters is 1. The monoisotopic (exact) mass is 326 g/mol. The smallest absolute Gasteiger partial charge is 0.311 e. The van der Waals surface area contributed by atoms with Gasteiger partial charge >= 0.3 is 5.97 Å². The highest BCUT2D eigenvalue weighted by Gasteiger charge is 2.17. The van der Waals surface area contributed by atoms with Crippen molar-refractivity contribution < 1.29 is 14.3 Å². The zero-order chi connectivity index (χ0) is 15.2. The van der Waals surface area contributed by atoms with Gasteiger partial charge in [0.2, 0.25) is 0 Å². The summed E-state index contributed by atoms with van der Waals surface area (Å²) in [6, 6.07) is 0. The van der Waals surface area contributed by atoms with E-state index in [-0.39, 0.29) is 18.3 Å². The van der Waals surface area contributed by atoms with E-state index in [1.165, 1.54) is 18.4 Å². The third kappa shape index (κ3) is 4.05. The van der Waals surface area contributed by atoms with Crippen LogP contribution >= 0.6 is 22.9 Å². The molecule has 0 radical (unpaired) electrons. The van der Waals surface area contributed by atoms with Crippen molar-refractivity contribution in [1.82, 2.24) is 14.6 Å². The Morgan fingerprint density at radius 3 is 2.95 bits per heavy atom. The molecule has 0 fully saturated rings. The predicted octanol–water partition coefficient (Wildman–Crippen LogP) is 1.91. The summed E-state index contributed by atoms with van der Waals surface area (Å²) in [6.45, 7) is 2.01. The first-order chi connectivity index (χ1) is 10.1. The van der Waals surface area contributed by atoms with E-state index in [1.807, 2.05) is 6.92 Å². The van der Waals surface area contributed by atoms with Crippen molar-refractivity contribution in [3.63, 3.8) is 0 Å². The van der Waals surface area contributed by atoms with E-state index in [0.717, 1.165) is 18.0 Å². The normalized spacial score (nSPS) is 10.4. The zero-order valence-electron chi connectivity index (χ0n) is 11.6. The number of carbonyl (C=O) groups is 2. The number of rotatable bonds is 6. The largest absolute Gasteiger partial charge is 0.469 e. The van der Waals surface area contributed by atoms with E-state index < -0.39 is 0 Å². The minimum Gasteiger partial charge on any atom is -0.469 e. The number of ether oxygens (including phenoxy) is 1. The fraction of sp³-hybridized carbons (Fsp3) is 0.417. The van der Waals surface area contributed by atoms with E-state index in [1.54, 1.807) is 5.38 Å². The number of methoxy groups -OCH3 is 1. The molecular weight excluding hydrogens is 312 g/mol. The lowest BCUT2D eigenvalue weighted by Crippen LogP contribution is -2.12. The Balaban J connectivity index is 2.02. The molecule has 1 N–H and O–H groups in total. The van der Waals surface area contributed by atoms with Crippen LogP contribution in [0.1, 0.15) is 34.4 Å². The van der Waals surface area contributed by atoms with Gasteiger partial charge in [0.15, 0.2) is 5.13 Å². The molecule has 0 aliphatic heterocycles. The topological polar surface area (TPSA) is 94.1 Å². The van der Waals surface area contributed by atoms with Crippen LogP contribution in [-0.4, -0.2) is 33.6 Å². The van der Waals surface area contributed by atoms with Gasteiger partial charge in [-0.25, -0.2) is 4.98 Å². The number of anilines is 1. The van der Waals surface area contributed by atoms with E-state index >= 15 is 0 Å². The number of amides is 1. The SMILES string of the molecule is CCCc1nnsc1C(=O)Nc1nc(CC(=O)OC)cs1. The summed E-state index contributed by atoms with van der Waals surface area (Å²) in [5.74, 6) is -0.637. The molecule has 0 spiro atoms. The number of hydrogen-bond acceptors (Lipinski definition) is 8. The maximum Gasteiger partial charge on any atom is 0.311 e. The van der Waals surface area contributed by atoms with Crippen molar-refractivity contribution in [1.29, 1.82) is 0 Å². The van der Waals surface area contributed by atoms with Gasteiger partial charge in [0, 0.05) is 5.38 Å². The quantitative estimate of drug-likeness (QED) is 0.815. The van der Waals surface area contributed by atoms with Gasteiger partial charge < -0.3 is 4.74 Å². The van der Waals surface area contributed by atoms with Crippen LogP contribution in [0.3, 0.4) is 0 Å². The van der Waals surface area contributed by atoms with Crippen molar-refractivity contribution in [2.24, 2.45) is 0 Å². The molecule has 0 atom stereocenters. The molecule has 0 bridgehead atoms. The molecule has 1 amide bonds. The van der Waals surface area contributed by atoms with E-state index in [2.05, 4.69) is 24.6 Å². The summed E-state index contributed by atoms with van der Waals surface area (Å²) in [5, 5.41) is 8.81. The second-order valence-corrected chi connectivity index (χ2v) is 5.76. The molecule has 0 saturated carbocycles. The van der Waals surface area contributed by atoms with Crippen LogP contribution < -0.4 is 5.32 Å². The predicted molar refractivity (Wildman–Crippen MR) is 79.7 cm³/mol. The maximum atomic E-state index is 12.2. The van der Waals surface area contributed by atoms with Crippen LogP contribution in [-0.2, 0) is 22.4 Å². The number of nitrogens with one attached hydrogen (secondary N) is 1. The number of hydrogen-bond donors (Lipinski definition) is 1. The molecule has 21 heavy (non-hydrogen) atoms. The molecule has 0 aromatic carbocycles. The summed E-state index contributed by atoms with van der Waals surface area (Å²) in [7, 11) is 1.32. The van der Waals surface area contributed by atoms with Crippen molar-refractivity contribution in [2.75, 3.05) is 12.4 Å². The van der Waals surface area contributed by atoms with Crippen molar-refractivity contribution in [2.45, 2.75) is 26.2 Å². The first-order valence-corrected chi connectivity index (χ1v) is 7.93. The van der Waals surface area contributed by atoms with Crippen molar-refractivity contribution >= 4 is 39.9 Å². The van der Waals surface area contributed by atoms with Crippen LogP contribution in [0.25, 0.3) is 0 Å². The zero-order valence-corrected chi connectivity index (χ0v) is 13.2. The van der Waals surface area contributed by atoms with Crippen molar-refractivity contribution in [3.8, 4) is 0 Å². The van der Waals surface area contributed by atoms with Crippen LogP contribution in [0.15, 0.2) is 5.38 Å². The molecule has 2 heterocycles. The van der Waals surface area contributed by atoms with E-state index in [0.29, 0.717) is 27.8 Å². The Bertz CT molecular complexity index is 638. The first-order valence-electron chi connectivity index (χ1n) is 6.27. The lowest BCUT2D eigenvalue weighted by atomic mass is 10.2. The van der Waals surface area contributed by atoms with Crippen LogP contribution in [0, 0.1) is 0 Å². The fourth-order valence-electron chi connectivity index (χ4n) is 1.60. The Hall–Kier alpha value is -1.87. The van der Waals surface area contributed by atoms with Gasteiger partial charge in [0.25, 0.3) is 5.91 Å². The van der Waals surface area contributed by atoms with Gasteiger partial charge in [-0.2, -0.15) is 0 Å². The van der Waals surface area contributed by atoms with Gasteiger partial charge in [-0.05, 0) is 18.0 Å². The third-order valence-corrected chi connectivity index (χ3v) is 4.15. The molecule has 2 rings (SSSR count). The second-order valence-electron chi connectivity index (χ2n) is 4.15. The Labute approximate surface area is 129 Å². The number of aryl methyl sites for hydroxylation is 1. The summed E-state index contributed by atoms with van der Waals surface area (Å²) >= 11 is 2.33.